The number of hydrogen-bond donors (Lipinski definition) is 2. The van der Waals surface area contributed by atoms with E-state index in [2.05, 4.69) is 30.9 Å². The van der Waals surface area contributed by atoms with Crippen LogP contribution in [0.25, 0.3) is 21.7 Å². The molecule has 5 heterocycles. The van der Waals surface area contributed by atoms with Crippen molar-refractivity contribution in [3.05, 3.63) is 125 Å². The van der Waals surface area contributed by atoms with Crippen molar-refractivity contribution < 1.29 is 41.5 Å². The molecule has 4 amide bonds. The molecule has 0 bridgehead atoms. The van der Waals surface area contributed by atoms with Gasteiger partial charge in [0.1, 0.15) is 41.2 Å². The van der Waals surface area contributed by atoms with Crippen LogP contribution in [0.3, 0.4) is 0 Å². The van der Waals surface area contributed by atoms with Crippen LogP contribution in [0.5, 0.6) is 5.75 Å². The number of alkyl halides is 3. The summed E-state index contributed by atoms with van der Waals surface area (Å²) in [6.45, 7) is 13.8. The Morgan fingerprint density at radius 2 is 1.71 bits per heavy atom. The zero-order valence-electron chi connectivity index (χ0n) is 42.7. The van der Waals surface area contributed by atoms with Crippen molar-refractivity contribution in [2.24, 2.45) is 11.3 Å². The predicted molar refractivity (Wildman–Crippen MR) is 281 cm³/mol. The summed E-state index contributed by atoms with van der Waals surface area (Å²) >= 11 is 7.13. The second kappa shape index (κ2) is 21.9. The average Bonchev–Trinajstić information content (AvgIpc) is 4.20. The highest BCUT2D eigenvalue weighted by Crippen LogP contribution is 2.42. The van der Waals surface area contributed by atoms with E-state index in [1.807, 2.05) is 64.4 Å². The SMILES string of the molecule is Cc1ncsc1-c1ccc(CNC(=O)[C@@H]2C[C@@H](C)CN2C(=O)[C@@H](NC(=O)CCCn2cc(COc3ccc(-c4ccc(N5C(=S)N(c6ccc(C#N)c(C(F)(F)F)c6F)C(=O)C5(C)C)cn4)cc3)nn2)C(C)(C)C)cc1. The number of rotatable bonds is 16. The summed E-state index contributed by atoms with van der Waals surface area (Å²) in [5, 5.41) is 23.3. The van der Waals surface area contributed by atoms with Crippen molar-refractivity contribution in [2.45, 2.75) is 111 Å². The van der Waals surface area contributed by atoms with Crippen LogP contribution in [0.15, 0.2) is 90.7 Å². The zero-order valence-corrected chi connectivity index (χ0v) is 44.4. The molecular weight excluding hydrogens is 1020 g/mol. The Morgan fingerprint density at radius 1 is 1.00 bits per heavy atom. The number of aromatic nitrogens is 5. The van der Waals surface area contributed by atoms with Gasteiger partial charge in [0.2, 0.25) is 17.7 Å². The summed E-state index contributed by atoms with van der Waals surface area (Å²) in [5.74, 6) is -2.76. The van der Waals surface area contributed by atoms with Gasteiger partial charge in [-0.15, -0.1) is 16.4 Å². The molecule has 6 aromatic rings. The third-order valence-electron chi connectivity index (χ3n) is 13.3. The first kappa shape index (κ1) is 54.6. The largest absolute Gasteiger partial charge is 0.487 e. The number of nitriles is 1. The van der Waals surface area contributed by atoms with Gasteiger partial charge in [0.15, 0.2) is 10.9 Å². The highest BCUT2D eigenvalue weighted by molar-refractivity contribution is 7.81. The van der Waals surface area contributed by atoms with Crippen LogP contribution in [-0.4, -0.2) is 82.8 Å². The van der Waals surface area contributed by atoms with Crippen molar-refractivity contribution >= 4 is 63.7 Å². The van der Waals surface area contributed by atoms with Crippen molar-refractivity contribution in [2.75, 3.05) is 16.3 Å². The minimum atomic E-state index is -5.20. The number of nitrogens with zero attached hydrogens (tertiary/aromatic N) is 9. The summed E-state index contributed by atoms with van der Waals surface area (Å²) < 4.78 is 64.5. The highest BCUT2D eigenvalue weighted by atomic mass is 32.1. The number of likely N-dealkylation sites (tertiary alicyclic amines) is 1. The number of thiocarbonyl (C=S) groups is 1. The van der Waals surface area contributed by atoms with Gasteiger partial charge < -0.3 is 25.2 Å². The number of thiazole rings is 1. The van der Waals surface area contributed by atoms with Crippen LogP contribution in [0.1, 0.15) is 88.9 Å². The fourth-order valence-electron chi connectivity index (χ4n) is 9.28. The number of nitrogens with one attached hydrogen (secondary N) is 2. The number of halogens is 4. The molecule has 8 rings (SSSR count). The number of amides is 4. The molecule has 16 nitrogen and oxygen atoms in total. The molecule has 2 fully saturated rings. The van der Waals surface area contributed by atoms with E-state index in [1.54, 1.807) is 63.5 Å². The molecule has 2 aliphatic heterocycles. The zero-order chi connectivity index (χ0) is 54.9. The van der Waals surface area contributed by atoms with Gasteiger partial charge in [-0.3, -0.25) is 33.7 Å². The number of carbonyl (C=O) groups is 4. The molecule has 22 heteroatoms. The monoisotopic (exact) mass is 1080 g/mol. The lowest BCUT2D eigenvalue weighted by Gasteiger charge is -2.35. The third kappa shape index (κ3) is 11.6. The lowest BCUT2D eigenvalue weighted by atomic mass is 9.85. The van der Waals surface area contributed by atoms with E-state index in [4.69, 9.17) is 17.0 Å². The lowest BCUT2D eigenvalue weighted by Crippen LogP contribution is -2.57. The van der Waals surface area contributed by atoms with Gasteiger partial charge in [0.05, 0.1) is 57.2 Å². The van der Waals surface area contributed by atoms with E-state index < -0.39 is 57.8 Å². The number of carbonyl (C=O) groups excluding carboxylic acids is 4. The van der Waals surface area contributed by atoms with Crippen molar-refractivity contribution in [3.63, 3.8) is 0 Å². The van der Waals surface area contributed by atoms with Gasteiger partial charge >= 0.3 is 6.18 Å². The maximum atomic E-state index is 15.5. The second-order valence-electron chi connectivity index (χ2n) is 20.4. The van der Waals surface area contributed by atoms with Crippen LogP contribution in [0.4, 0.5) is 28.9 Å². The van der Waals surface area contributed by atoms with Crippen LogP contribution in [0, 0.1) is 35.4 Å². The first-order chi connectivity index (χ1) is 36.0. The van der Waals surface area contributed by atoms with Crippen molar-refractivity contribution in [1.29, 1.82) is 5.26 Å². The number of pyridine rings is 1. The van der Waals surface area contributed by atoms with Crippen LogP contribution in [0.2, 0.25) is 0 Å². The highest BCUT2D eigenvalue weighted by Gasteiger charge is 2.52. The quantitative estimate of drug-likeness (QED) is 0.0691. The Labute approximate surface area is 446 Å². The van der Waals surface area contributed by atoms with Gasteiger partial charge in [-0.25, -0.2) is 9.37 Å². The van der Waals surface area contributed by atoms with E-state index in [0.717, 1.165) is 33.8 Å². The van der Waals surface area contributed by atoms with Gasteiger partial charge in [-0.2, -0.15) is 18.4 Å². The number of aryl methyl sites for hydroxylation is 2. The Morgan fingerprint density at radius 3 is 2.34 bits per heavy atom. The molecule has 0 spiro atoms. The van der Waals surface area contributed by atoms with Crippen molar-refractivity contribution in [3.8, 4) is 33.5 Å². The number of benzene rings is 3. The molecule has 396 valence electrons. The fourth-order valence-corrected chi connectivity index (χ4v) is 10.6. The molecule has 3 aromatic carbocycles. The normalized spacial score (nSPS) is 16.9. The lowest BCUT2D eigenvalue weighted by molar-refractivity contribution is -0.144. The molecule has 0 radical (unpaired) electrons. The molecule has 0 unspecified atom stereocenters. The van der Waals surface area contributed by atoms with E-state index in [9.17, 15) is 37.6 Å². The molecule has 3 atom stereocenters. The minimum absolute atomic E-state index is 0.0982. The molecule has 2 N–H and O–H groups in total. The van der Waals surface area contributed by atoms with Gasteiger partial charge in [0, 0.05) is 31.6 Å². The average molecular weight is 1080 g/mol. The Kier molecular flexibility index (Phi) is 15.7. The van der Waals surface area contributed by atoms with E-state index in [1.165, 1.54) is 31.0 Å². The van der Waals surface area contributed by atoms with Crippen LogP contribution in [-0.2, 0) is 45.1 Å². The summed E-state index contributed by atoms with van der Waals surface area (Å²) in [5.41, 5.74) is 1.39. The minimum Gasteiger partial charge on any atom is -0.487 e. The first-order valence-corrected chi connectivity index (χ1v) is 25.7. The fraction of sp³-hybridized carbons (Fsp3) is 0.370. The smallest absolute Gasteiger partial charge is 0.420 e. The second-order valence-corrected chi connectivity index (χ2v) is 21.7. The van der Waals surface area contributed by atoms with E-state index in [0.29, 0.717) is 65.8 Å². The van der Waals surface area contributed by atoms with Gasteiger partial charge in [0.25, 0.3) is 5.91 Å². The number of ether oxygens (including phenoxy) is 1. The molecule has 76 heavy (non-hydrogen) atoms. The topological polar surface area (TPSA) is 192 Å². The summed E-state index contributed by atoms with van der Waals surface area (Å²) in [6, 6.07) is 19.9. The Hall–Kier alpha value is -7.64. The van der Waals surface area contributed by atoms with Crippen LogP contribution < -0.4 is 25.2 Å². The maximum Gasteiger partial charge on any atom is 0.420 e. The van der Waals surface area contributed by atoms with E-state index >= 15 is 4.39 Å². The van der Waals surface area contributed by atoms with Gasteiger partial charge in [-0.05, 0) is 117 Å². The van der Waals surface area contributed by atoms with Crippen molar-refractivity contribution in [1.82, 2.24) is 40.5 Å². The maximum absolute atomic E-state index is 15.5. The molecule has 0 aliphatic carbocycles. The summed E-state index contributed by atoms with van der Waals surface area (Å²) in [4.78, 5) is 68.5. The third-order valence-corrected chi connectivity index (χ3v) is 14.6. The number of hydrogen-bond acceptors (Lipinski definition) is 12. The first-order valence-electron chi connectivity index (χ1n) is 24.4. The number of anilines is 2. The molecule has 0 saturated carbocycles. The van der Waals surface area contributed by atoms with Gasteiger partial charge in [-0.1, -0.05) is 57.2 Å². The Balaban J connectivity index is 0.806. The predicted octanol–water partition coefficient (Wildman–Crippen LogP) is 9.16. The molecule has 3 aromatic heterocycles. The summed E-state index contributed by atoms with van der Waals surface area (Å²) in [7, 11) is 0. The summed E-state index contributed by atoms with van der Waals surface area (Å²) in [6.07, 6.45) is -0.983. The Bertz CT molecular complexity index is 3200. The molecule has 2 saturated heterocycles. The molecular formula is C54H55F4N11O5S2. The molecule has 2 aliphatic rings. The standard InChI is InChI=1S/C54H55F4N11O5S2/c1-31-23-42(48(71)61-25-33-10-12-35(13-11-33)46-32(2)62-30-76-46)67(27-31)49(72)47(52(3,4)5)63-43(70)9-8-22-66-28-37(64-65-66)29-74-39-18-14-34(15-19-39)40-20-17-38(26-60-40)69-51(75)68(50(73)53(69,6)7)41-21-16-36(24-59)44(45(41)55)54(56,57)58/h10-21,26,28,30-31,42,47H,8-9,22-23,25,27,29H2,1-7H3,(H,61,71)(H,63,70)/t31-,42+,47-/m1/s1. The van der Waals surface area contributed by atoms with E-state index in [-0.39, 0.29) is 41.8 Å². The van der Waals surface area contributed by atoms with Crippen LogP contribution >= 0.6 is 23.6 Å².